The Bertz CT molecular complexity index is 1780. The first-order valence-electron chi connectivity index (χ1n) is 19.7. The fourth-order valence-electron chi connectivity index (χ4n) is 9.14. The molecule has 4 aliphatic rings. The average molecular weight is 745 g/mol. The van der Waals surface area contributed by atoms with Gasteiger partial charge in [-0.05, 0) is 62.5 Å². The van der Waals surface area contributed by atoms with E-state index >= 15 is 0 Å². The molecule has 2 aromatic carbocycles. The molecule has 2 amide bonds. The van der Waals surface area contributed by atoms with Gasteiger partial charge in [0, 0.05) is 85.0 Å². The molecule has 0 spiro atoms. The van der Waals surface area contributed by atoms with Crippen LogP contribution in [0.3, 0.4) is 0 Å². The lowest BCUT2D eigenvalue weighted by Crippen LogP contribution is -2.42. The number of carbonyl (C=O) groups is 2. The summed E-state index contributed by atoms with van der Waals surface area (Å²) in [6.07, 6.45) is 9.29. The molecule has 4 saturated carbocycles. The molecule has 4 fully saturated rings. The zero-order valence-electron chi connectivity index (χ0n) is 30.4. The molecule has 0 saturated heterocycles. The predicted molar refractivity (Wildman–Crippen MR) is 198 cm³/mol. The SMILES string of the molecule is O=C(N[C@H]1CCC[C@H]1c1nc(-c2ccc(-c3ccc(-c4c[nH]c([C@@H]5CCC[C@@H]5NC(=O)C5CCC(F)(F)CC5)n4)cc3)cc2)c[nH]1)C1CCC(F)(F)CC1. The third-order valence-corrected chi connectivity index (χ3v) is 12.5. The van der Waals surface area contributed by atoms with Crippen molar-refractivity contribution >= 4 is 11.8 Å². The van der Waals surface area contributed by atoms with Crippen LogP contribution in [0.5, 0.6) is 0 Å². The van der Waals surface area contributed by atoms with E-state index < -0.39 is 11.8 Å². The van der Waals surface area contributed by atoms with Gasteiger partial charge >= 0.3 is 0 Å². The lowest BCUT2D eigenvalue weighted by atomic mass is 9.86. The molecule has 2 heterocycles. The molecule has 54 heavy (non-hydrogen) atoms. The molecule has 0 radical (unpaired) electrons. The Kier molecular flexibility index (Phi) is 10.1. The molecule has 2 aromatic heterocycles. The third-order valence-electron chi connectivity index (χ3n) is 12.5. The van der Waals surface area contributed by atoms with Crippen molar-refractivity contribution in [3.63, 3.8) is 0 Å². The maximum Gasteiger partial charge on any atom is 0.248 e. The van der Waals surface area contributed by atoms with Gasteiger partial charge in [-0.1, -0.05) is 61.4 Å². The van der Waals surface area contributed by atoms with Gasteiger partial charge in [-0.3, -0.25) is 9.59 Å². The van der Waals surface area contributed by atoms with Crippen molar-refractivity contribution in [2.24, 2.45) is 11.8 Å². The van der Waals surface area contributed by atoms with Crippen molar-refractivity contribution in [2.75, 3.05) is 0 Å². The van der Waals surface area contributed by atoms with Crippen LogP contribution in [0.4, 0.5) is 17.6 Å². The molecule has 8 nitrogen and oxygen atoms in total. The smallest absolute Gasteiger partial charge is 0.248 e. The van der Waals surface area contributed by atoms with E-state index in [1.54, 1.807) is 0 Å². The maximum atomic E-state index is 13.6. The van der Waals surface area contributed by atoms with E-state index in [4.69, 9.17) is 9.97 Å². The molecule has 12 heteroatoms. The highest BCUT2D eigenvalue weighted by molar-refractivity contribution is 5.80. The summed E-state index contributed by atoms with van der Waals surface area (Å²) in [7, 11) is 0. The second kappa shape index (κ2) is 15.0. The van der Waals surface area contributed by atoms with Crippen LogP contribution in [0, 0.1) is 11.8 Å². The Morgan fingerprint density at radius 1 is 0.537 bits per heavy atom. The van der Waals surface area contributed by atoms with E-state index in [1.165, 1.54) is 0 Å². The molecule has 4 aromatic rings. The van der Waals surface area contributed by atoms with Gasteiger partial charge in [0.25, 0.3) is 0 Å². The Morgan fingerprint density at radius 2 is 0.889 bits per heavy atom. The highest BCUT2D eigenvalue weighted by Crippen LogP contribution is 2.40. The number of rotatable bonds is 9. The van der Waals surface area contributed by atoms with Crippen molar-refractivity contribution in [1.29, 1.82) is 0 Å². The highest BCUT2D eigenvalue weighted by Gasteiger charge is 2.41. The molecule has 0 aliphatic heterocycles. The second-order valence-electron chi connectivity index (χ2n) is 16.1. The Balaban J connectivity index is 0.867. The number of hydrogen-bond acceptors (Lipinski definition) is 4. The molecule has 8 rings (SSSR count). The summed E-state index contributed by atoms with van der Waals surface area (Å²) in [5, 5.41) is 6.33. The van der Waals surface area contributed by atoms with Crippen molar-refractivity contribution in [3.05, 3.63) is 72.6 Å². The van der Waals surface area contributed by atoms with Crippen molar-refractivity contribution < 1.29 is 27.2 Å². The number of alkyl halides is 4. The molecular formula is C42H48F4N6O2. The monoisotopic (exact) mass is 744 g/mol. The van der Waals surface area contributed by atoms with Gasteiger partial charge in [0.1, 0.15) is 11.6 Å². The number of nitrogens with zero attached hydrogens (tertiary/aromatic N) is 2. The maximum absolute atomic E-state index is 13.6. The van der Waals surface area contributed by atoms with E-state index in [1.807, 2.05) is 12.4 Å². The first kappa shape index (κ1) is 36.5. The van der Waals surface area contributed by atoms with E-state index in [-0.39, 0.29) is 98.9 Å². The van der Waals surface area contributed by atoms with Crippen molar-refractivity contribution in [1.82, 2.24) is 30.6 Å². The van der Waals surface area contributed by atoms with Gasteiger partial charge in [-0.15, -0.1) is 0 Å². The molecule has 4 N–H and O–H groups in total. The van der Waals surface area contributed by atoms with Crippen LogP contribution in [0.25, 0.3) is 33.6 Å². The normalized spacial score (nSPS) is 25.8. The van der Waals surface area contributed by atoms with Gasteiger partial charge in [0.15, 0.2) is 0 Å². The first-order valence-corrected chi connectivity index (χ1v) is 19.7. The minimum atomic E-state index is -2.65. The number of nitrogens with one attached hydrogen (secondary N) is 4. The number of aromatic nitrogens is 4. The Morgan fingerprint density at radius 3 is 1.26 bits per heavy atom. The third kappa shape index (κ3) is 7.98. The lowest BCUT2D eigenvalue weighted by molar-refractivity contribution is -0.131. The standard InChI is InChI=1S/C42H48F4N6O2/c43-41(44)19-15-29(16-20-41)39(53)51-33-5-1-3-31(33)37-47-23-35(49-37)27-11-7-25(8-12-27)26-9-13-28(14-10-26)36-24-48-38(50-36)32-4-2-6-34(32)52-40(54)30-17-21-42(45,46)22-18-30/h7-14,23-24,29-34H,1-6,15-22H2,(H,47,49)(H,48,50)(H,51,53)(H,52,54)/t31-,32-,33+,34+/m1/s1. The zero-order chi connectivity index (χ0) is 37.5. The van der Waals surface area contributed by atoms with Crippen LogP contribution in [0.15, 0.2) is 60.9 Å². The van der Waals surface area contributed by atoms with Crippen LogP contribution < -0.4 is 10.6 Å². The fraction of sp³-hybridized carbons (Fsp3) is 0.524. The van der Waals surface area contributed by atoms with Gasteiger partial charge in [-0.25, -0.2) is 27.5 Å². The van der Waals surface area contributed by atoms with E-state index in [0.717, 1.165) is 83.8 Å². The quantitative estimate of drug-likeness (QED) is 0.128. The summed E-state index contributed by atoms with van der Waals surface area (Å²) in [6.45, 7) is 0. The number of hydrogen-bond donors (Lipinski definition) is 4. The zero-order valence-corrected chi connectivity index (χ0v) is 30.4. The molecule has 286 valence electrons. The number of benzene rings is 2. The Hall–Kier alpha value is -4.48. The average Bonchev–Trinajstić information content (AvgIpc) is 4.00. The number of aromatic amines is 2. The summed E-state index contributed by atoms with van der Waals surface area (Å²) in [5.41, 5.74) is 5.74. The van der Waals surface area contributed by atoms with Crippen molar-refractivity contribution in [2.45, 2.75) is 126 Å². The summed E-state index contributed by atoms with van der Waals surface area (Å²) in [6, 6.07) is 16.4. The highest BCUT2D eigenvalue weighted by atomic mass is 19.3. The van der Waals surface area contributed by atoms with Gasteiger partial charge in [0.2, 0.25) is 23.7 Å². The van der Waals surface area contributed by atoms with E-state index in [0.29, 0.717) is 0 Å². The topological polar surface area (TPSA) is 116 Å². The molecular weight excluding hydrogens is 696 g/mol. The van der Waals surface area contributed by atoms with E-state index in [2.05, 4.69) is 69.1 Å². The molecule has 0 bridgehead atoms. The van der Waals surface area contributed by atoms with Gasteiger partial charge < -0.3 is 20.6 Å². The largest absolute Gasteiger partial charge is 0.352 e. The molecule has 0 unspecified atom stereocenters. The number of amides is 2. The summed E-state index contributed by atoms with van der Waals surface area (Å²) < 4.78 is 54.4. The van der Waals surface area contributed by atoms with Crippen LogP contribution in [0.2, 0.25) is 0 Å². The van der Waals surface area contributed by atoms with Crippen LogP contribution in [-0.4, -0.2) is 55.7 Å². The van der Waals surface area contributed by atoms with E-state index in [9.17, 15) is 27.2 Å². The summed E-state index contributed by atoms with van der Waals surface area (Å²) in [5.74, 6) is -4.42. The van der Waals surface area contributed by atoms with Crippen LogP contribution in [0.1, 0.15) is 113 Å². The second-order valence-corrected chi connectivity index (χ2v) is 16.1. The number of halogens is 4. The van der Waals surface area contributed by atoms with Crippen LogP contribution in [-0.2, 0) is 9.59 Å². The number of H-pyrrole nitrogens is 2. The number of imidazole rings is 2. The number of carbonyl (C=O) groups excluding carboxylic acids is 2. The fourth-order valence-corrected chi connectivity index (χ4v) is 9.14. The van der Waals surface area contributed by atoms with Crippen LogP contribution >= 0.6 is 0 Å². The minimum Gasteiger partial charge on any atom is -0.352 e. The first-order chi connectivity index (χ1) is 26.0. The Labute approximate surface area is 312 Å². The van der Waals surface area contributed by atoms with Gasteiger partial charge in [0.05, 0.1) is 11.4 Å². The molecule has 4 atom stereocenters. The predicted octanol–water partition coefficient (Wildman–Crippen LogP) is 9.29. The summed E-state index contributed by atoms with van der Waals surface area (Å²) in [4.78, 5) is 42.4. The van der Waals surface area contributed by atoms with Crippen molar-refractivity contribution in [3.8, 4) is 33.6 Å². The van der Waals surface area contributed by atoms with Gasteiger partial charge in [-0.2, -0.15) is 0 Å². The summed E-state index contributed by atoms with van der Waals surface area (Å²) >= 11 is 0. The minimum absolute atomic E-state index is 0.0574. The lowest BCUT2D eigenvalue weighted by Gasteiger charge is -2.29. The molecule has 4 aliphatic carbocycles.